The van der Waals surface area contributed by atoms with E-state index in [0.717, 1.165) is 12.4 Å². The summed E-state index contributed by atoms with van der Waals surface area (Å²) in [5.41, 5.74) is 5.63. The molecule has 0 rings (SSSR count). The molecule has 16 heavy (non-hydrogen) atoms. The molecule has 0 fully saturated rings. The summed E-state index contributed by atoms with van der Waals surface area (Å²) in [7, 11) is 0. The molecule has 0 saturated heterocycles. The molecule has 2 N–H and O–H groups in total. The van der Waals surface area contributed by atoms with Crippen LogP contribution in [0.25, 0.3) is 0 Å². The van der Waals surface area contributed by atoms with Crippen molar-refractivity contribution in [3.05, 3.63) is 0 Å². The summed E-state index contributed by atoms with van der Waals surface area (Å²) in [6.45, 7) is 7.88. The zero-order chi connectivity index (χ0) is 12.4. The number of rotatable bonds is 9. The number of carbonyl (C=O) groups is 1. The van der Waals surface area contributed by atoms with Crippen molar-refractivity contribution in [3.63, 3.8) is 0 Å². The Labute approximate surface area is 102 Å². The van der Waals surface area contributed by atoms with E-state index in [0.29, 0.717) is 24.9 Å². The van der Waals surface area contributed by atoms with Crippen molar-refractivity contribution in [3.8, 4) is 0 Å². The van der Waals surface area contributed by atoms with E-state index in [1.165, 1.54) is 0 Å². The van der Waals surface area contributed by atoms with Crippen LogP contribution in [0.1, 0.15) is 20.8 Å². The standard InChI is InChI=1S/C11H23NO3S/c1-4-15-11(13)10(12)8-16-6-5-14-7-9(2)3/h9-10H,4-8,12H2,1-3H3. The monoisotopic (exact) mass is 249 g/mol. The summed E-state index contributed by atoms with van der Waals surface area (Å²) in [6, 6.07) is -0.518. The van der Waals surface area contributed by atoms with Crippen LogP contribution in [0.2, 0.25) is 0 Å². The van der Waals surface area contributed by atoms with Crippen LogP contribution in [0.15, 0.2) is 0 Å². The lowest BCUT2D eigenvalue weighted by Crippen LogP contribution is -2.34. The zero-order valence-corrected chi connectivity index (χ0v) is 11.2. The van der Waals surface area contributed by atoms with E-state index < -0.39 is 6.04 Å². The molecule has 0 aromatic carbocycles. The third kappa shape index (κ3) is 9.00. The minimum absolute atomic E-state index is 0.321. The van der Waals surface area contributed by atoms with Crippen LogP contribution in [-0.4, -0.2) is 43.3 Å². The second kappa shape index (κ2) is 9.93. The van der Waals surface area contributed by atoms with Crippen LogP contribution in [0.5, 0.6) is 0 Å². The molecule has 0 heterocycles. The molecule has 0 radical (unpaired) electrons. The van der Waals surface area contributed by atoms with Crippen LogP contribution >= 0.6 is 11.8 Å². The Balaban J connectivity index is 3.34. The first-order chi connectivity index (χ1) is 7.57. The van der Waals surface area contributed by atoms with E-state index in [1.807, 2.05) is 0 Å². The summed E-state index contributed by atoms with van der Waals surface area (Å²) in [4.78, 5) is 11.2. The minimum Gasteiger partial charge on any atom is -0.465 e. The highest BCUT2D eigenvalue weighted by molar-refractivity contribution is 7.99. The van der Waals surface area contributed by atoms with Gasteiger partial charge in [-0.1, -0.05) is 13.8 Å². The molecule has 0 spiro atoms. The molecule has 0 amide bonds. The van der Waals surface area contributed by atoms with Gasteiger partial charge in [0.05, 0.1) is 13.2 Å². The molecule has 0 bridgehead atoms. The first-order valence-corrected chi connectivity index (χ1v) is 6.81. The fraction of sp³-hybridized carbons (Fsp3) is 0.909. The molecule has 1 unspecified atom stereocenters. The van der Waals surface area contributed by atoms with Gasteiger partial charge in [-0.05, 0) is 12.8 Å². The lowest BCUT2D eigenvalue weighted by molar-refractivity contribution is -0.144. The van der Waals surface area contributed by atoms with Gasteiger partial charge in [0.2, 0.25) is 0 Å². The fourth-order valence-electron chi connectivity index (χ4n) is 0.965. The lowest BCUT2D eigenvalue weighted by atomic mass is 10.2. The molecule has 0 aromatic heterocycles. The number of thioether (sulfide) groups is 1. The van der Waals surface area contributed by atoms with Crippen LogP contribution in [-0.2, 0) is 14.3 Å². The van der Waals surface area contributed by atoms with Crippen LogP contribution in [0, 0.1) is 5.92 Å². The largest absolute Gasteiger partial charge is 0.465 e. The molecule has 5 heteroatoms. The summed E-state index contributed by atoms with van der Waals surface area (Å²) in [5.74, 6) is 1.69. The van der Waals surface area contributed by atoms with Gasteiger partial charge in [-0.3, -0.25) is 4.79 Å². The molecule has 0 aromatic rings. The van der Waals surface area contributed by atoms with E-state index in [4.69, 9.17) is 15.2 Å². The lowest BCUT2D eigenvalue weighted by Gasteiger charge is -2.10. The van der Waals surface area contributed by atoms with E-state index in [9.17, 15) is 4.79 Å². The second-order valence-corrected chi connectivity index (χ2v) is 5.05. The average Bonchev–Trinajstić information content (AvgIpc) is 2.22. The van der Waals surface area contributed by atoms with E-state index in [1.54, 1.807) is 18.7 Å². The van der Waals surface area contributed by atoms with Gasteiger partial charge >= 0.3 is 5.97 Å². The molecule has 4 nitrogen and oxygen atoms in total. The number of carbonyl (C=O) groups excluding carboxylic acids is 1. The summed E-state index contributed by atoms with van der Waals surface area (Å²) in [5, 5.41) is 0. The number of nitrogens with two attached hydrogens (primary N) is 1. The maximum atomic E-state index is 11.2. The highest BCUT2D eigenvalue weighted by atomic mass is 32.2. The Bertz CT molecular complexity index is 188. The third-order valence-corrected chi connectivity index (χ3v) is 2.76. The smallest absolute Gasteiger partial charge is 0.323 e. The topological polar surface area (TPSA) is 61.5 Å². The van der Waals surface area contributed by atoms with Crippen LogP contribution in [0.4, 0.5) is 0 Å². The quantitative estimate of drug-likeness (QED) is 0.493. The average molecular weight is 249 g/mol. The molecular weight excluding hydrogens is 226 g/mol. The van der Waals surface area contributed by atoms with Gasteiger partial charge in [-0.25, -0.2) is 0 Å². The number of hydrogen-bond donors (Lipinski definition) is 1. The van der Waals surface area contributed by atoms with E-state index in [2.05, 4.69) is 13.8 Å². The van der Waals surface area contributed by atoms with Gasteiger partial charge in [0, 0.05) is 18.1 Å². The Kier molecular flexibility index (Phi) is 9.77. The summed E-state index contributed by atoms with van der Waals surface area (Å²) >= 11 is 1.62. The molecule has 0 saturated carbocycles. The molecule has 0 aliphatic carbocycles. The van der Waals surface area contributed by atoms with Gasteiger partial charge in [0.25, 0.3) is 0 Å². The highest BCUT2D eigenvalue weighted by Crippen LogP contribution is 2.03. The predicted molar refractivity (Wildman–Crippen MR) is 67.6 cm³/mol. The SMILES string of the molecule is CCOC(=O)C(N)CSCCOCC(C)C. The molecule has 1 atom stereocenters. The maximum Gasteiger partial charge on any atom is 0.323 e. The normalized spacial score (nSPS) is 12.8. The summed E-state index contributed by atoms with van der Waals surface area (Å²) in [6.07, 6.45) is 0. The Morgan fingerprint density at radius 1 is 1.44 bits per heavy atom. The molecular formula is C11H23NO3S. The van der Waals surface area contributed by atoms with E-state index >= 15 is 0 Å². The first-order valence-electron chi connectivity index (χ1n) is 5.65. The van der Waals surface area contributed by atoms with Gasteiger partial charge in [0.1, 0.15) is 6.04 Å². The zero-order valence-electron chi connectivity index (χ0n) is 10.4. The van der Waals surface area contributed by atoms with Gasteiger partial charge in [0.15, 0.2) is 0 Å². The first kappa shape index (κ1) is 15.7. The Hall–Kier alpha value is -0.260. The van der Waals surface area contributed by atoms with Gasteiger partial charge in [-0.2, -0.15) is 11.8 Å². The van der Waals surface area contributed by atoms with Crippen LogP contribution < -0.4 is 5.73 Å². The Morgan fingerprint density at radius 3 is 2.69 bits per heavy atom. The van der Waals surface area contributed by atoms with Crippen molar-refractivity contribution in [2.75, 3.05) is 31.3 Å². The van der Waals surface area contributed by atoms with Crippen molar-refractivity contribution < 1.29 is 14.3 Å². The van der Waals surface area contributed by atoms with Crippen molar-refractivity contribution in [2.45, 2.75) is 26.8 Å². The number of ether oxygens (including phenoxy) is 2. The Morgan fingerprint density at radius 2 is 2.12 bits per heavy atom. The second-order valence-electron chi connectivity index (χ2n) is 3.90. The van der Waals surface area contributed by atoms with Crippen molar-refractivity contribution >= 4 is 17.7 Å². The maximum absolute atomic E-state index is 11.2. The van der Waals surface area contributed by atoms with E-state index in [-0.39, 0.29) is 5.97 Å². The molecule has 0 aliphatic heterocycles. The molecule has 0 aliphatic rings. The van der Waals surface area contributed by atoms with Crippen molar-refractivity contribution in [1.82, 2.24) is 0 Å². The van der Waals surface area contributed by atoms with Gasteiger partial charge in [-0.15, -0.1) is 0 Å². The third-order valence-electron chi connectivity index (χ3n) is 1.71. The fourth-order valence-corrected chi connectivity index (χ4v) is 1.76. The van der Waals surface area contributed by atoms with Crippen molar-refractivity contribution in [1.29, 1.82) is 0 Å². The van der Waals surface area contributed by atoms with Crippen LogP contribution in [0.3, 0.4) is 0 Å². The number of esters is 1. The highest BCUT2D eigenvalue weighted by Gasteiger charge is 2.13. The van der Waals surface area contributed by atoms with Gasteiger partial charge < -0.3 is 15.2 Å². The number of hydrogen-bond acceptors (Lipinski definition) is 5. The van der Waals surface area contributed by atoms with Crippen molar-refractivity contribution in [2.24, 2.45) is 11.7 Å². The molecule has 96 valence electrons. The summed E-state index contributed by atoms with van der Waals surface area (Å²) < 4.78 is 10.2. The predicted octanol–water partition coefficient (Wildman–Crippen LogP) is 1.28. The minimum atomic E-state index is -0.518.